The highest BCUT2D eigenvalue weighted by Gasteiger charge is 2.41. The molecular formula is C25H33FN6O. The molecule has 1 amide bonds. The maximum atomic E-state index is 14.8. The molecule has 3 fully saturated rings. The summed E-state index contributed by atoms with van der Waals surface area (Å²) in [5.74, 6) is 1.86. The van der Waals surface area contributed by atoms with Crippen molar-refractivity contribution in [1.82, 2.24) is 19.8 Å². The van der Waals surface area contributed by atoms with Gasteiger partial charge in [-0.15, -0.1) is 0 Å². The Hall–Kier alpha value is -2.74. The van der Waals surface area contributed by atoms with Crippen LogP contribution in [0.2, 0.25) is 0 Å². The van der Waals surface area contributed by atoms with Gasteiger partial charge in [0.25, 0.3) is 0 Å². The molecule has 3 heterocycles. The van der Waals surface area contributed by atoms with Gasteiger partial charge in [0, 0.05) is 64.2 Å². The third-order valence-corrected chi connectivity index (χ3v) is 7.49. The van der Waals surface area contributed by atoms with Crippen LogP contribution in [0.4, 0.5) is 16.0 Å². The number of anilines is 2. The minimum absolute atomic E-state index is 0.179. The van der Waals surface area contributed by atoms with Crippen LogP contribution in [0.5, 0.6) is 0 Å². The van der Waals surface area contributed by atoms with Crippen LogP contribution in [0.3, 0.4) is 0 Å². The van der Waals surface area contributed by atoms with E-state index in [9.17, 15) is 9.18 Å². The molecule has 1 aromatic carbocycles. The van der Waals surface area contributed by atoms with Gasteiger partial charge in [0.1, 0.15) is 5.82 Å². The number of nitrogens with one attached hydrogen (secondary N) is 1. The van der Waals surface area contributed by atoms with Crippen LogP contribution in [0.15, 0.2) is 30.6 Å². The lowest BCUT2D eigenvalue weighted by Crippen LogP contribution is -2.45. The molecule has 2 aromatic rings. The molecule has 1 aliphatic carbocycles. The number of benzene rings is 1. The number of halogens is 1. The third-order valence-electron chi connectivity index (χ3n) is 7.49. The highest BCUT2D eigenvalue weighted by molar-refractivity contribution is 5.48. The summed E-state index contributed by atoms with van der Waals surface area (Å²) < 4.78 is 14.8. The minimum Gasteiger partial charge on any atom is -0.380 e. The summed E-state index contributed by atoms with van der Waals surface area (Å²) in [6.07, 6.45) is 7.82. The zero-order valence-corrected chi connectivity index (χ0v) is 19.3. The van der Waals surface area contributed by atoms with Crippen LogP contribution < -0.4 is 10.2 Å². The summed E-state index contributed by atoms with van der Waals surface area (Å²) in [4.78, 5) is 26.3. The molecule has 0 spiro atoms. The van der Waals surface area contributed by atoms with Crippen LogP contribution >= 0.6 is 0 Å². The van der Waals surface area contributed by atoms with E-state index in [0.29, 0.717) is 30.1 Å². The van der Waals surface area contributed by atoms with Gasteiger partial charge in [-0.05, 0) is 54.4 Å². The average molecular weight is 453 g/mol. The molecule has 8 heteroatoms. The molecule has 1 N–H and O–H groups in total. The SMILES string of the molecule is CCc1cnc(N2CC3CC(Nc4ccc(CN5CCN(C=O)CC5)cc4F)CC3C2)nc1. The molecule has 7 nitrogen and oxygen atoms in total. The number of piperazine rings is 1. The van der Waals surface area contributed by atoms with Gasteiger partial charge < -0.3 is 15.1 Å². The van der Waals surface area contributed by atoms with Crippen LogP contribution in [0.25, 0.3) is 0 Å². The van der Waals surface area contributed by atoms with Gasteiger partial charge in [0.05, 0.1) is 5.69 Å². The van der Waals surface area contributed by atoms with Crippen molar-refractivity contribution >= 4 is 18.0 Å². The number of aryl methyl sites for hydroxylation is 1. The summed E-state index contributed by atoms with van der Waals surface area (Å²) in [6.45, 7) is 7.92. The predicted molar refractivity (Wildman–Crippen MR) is 127 cm³/mol. The second-order valence-corrected chi connectivity index (χ2v) is 9.71. The zero-order chi connectivity index (χ0) is 22.8. The smallest absolute Gasteiger partial charge is 0.225 e. The molecule has 1 saturated carbocycles. The van der Waals surface area contributed by atoms with Gasteiger partial charge in [0.2, 0.25) is 12.4 Å². The first-order valence-electron chi connectivity index (χ1n) is 12.1. The fourth-order valence-electron chi connectivity index (χ4n) is 5.55. The summed E-state index contributed by atoms with van der Waals surface area (Å²) in [5, 5.41) is 3.47. The lowest BCUT2D eigenvalue weighted by atomic mass is 10.0. The molecule has 1 aromatic heterocycles. The predicted octanol–water partition coefficient (Wildman–Crippen LogP) is 2.78. The number of carbonyl (C=O) groups is 1. The average Bonchev–Trinajstić information content (AvgIpc) is 3.40. The van der Waals surface area contributed by atoms with E-state index in [1.807, 2.05) is 24.5 Å². The molecule has 3 aliphatic rings. The van der Waals surface area contributed by atoms with Gasteiger partial charge >= 0.3 is 0 Å². The van der Waals surface area contributed by atoms with E-state index in [1.165, 1.54) is 0 Å². The van der Waals surface area contributed by atoms with Crippen molar-refractivity contribution in [1.29, 1.82) is 0 Å². The maximum absolute atomic E-state index is 14.8. The first-order chi connectivity index (χ1) is 16.1. The van der Waals surface area contributed by atoms with Gasteiger partial charge in [0.15, 0.2) is 0 Å². The normalized spacial score (nSPS) is 25.3. The van der Waals surface area contributed by atoms with Crippen molar-refractivity contribution in [2.45, 2.75) is 38.8 Å². The first-order valence-corrected chi connectivity index (χ1v) is 12.1. The summed E-state index contributed by atoms with van der Waals surface area (Å²) in [5.41, 5.74) is 2.74. The van der Waals surface area contributed by atoms with Crippen molar-refractivity contribution < 1.29 is 9.18 Å². The monoisotopic (exact) mass is 452 g/mol. The number of aromatic nitrogens is 2. The van der Waals surface area contributed by atoms with Gasteiger partial charge in [-0.25, -0.2) is 14.4 Å². The number of hydrogen-bond acceptors (Lipinski definition) is 6. The lowest BCUT2D eigenvalue weighted by Gasteiger charge is -2.32. The molecule has 0 radical (unpaired) electrons. The molecule has 176 valence electrons. The molecule has 5 rings (SSSR count). The number of rotatable bonds is 7. The first kappa shape index (κ1) is 22.1. The van der Waals surface area contributed by atoms with Gasteiger partial charge in [-0.2, -0.15) is 0 Å². The van der Waals surface area contributed by atoms with E-state index in [2.05, 4.69) is 32.0 Å². The fourth-order valence-corrected chi connectivity index (χ4v) is 5.55. The second kappa shape index (κ2) is 9.63. The minimum atomic E-state index is -0.179. The molecule has 0 bridgehead atoms. The highest BCUT2D eigenvalue weighted by atomic mass is 19.1. The van der Waals surface area contributed by atoms with Crippen LogP contribution in [0, 0.1) is 17.7 Å². The summed E-state index contributed by atoms with van der Waals surface area (Å²) in [7, 11) is 0. The fraction of sp³-hybridized carbons (Fsp3) is 0.560. The van der Waals surface area contributed by atoms with E-state index in [-0.39, 0.29) is 5.82 Å². The Morgan fingerprint density at radius 3 is 2.36 bits per heavy atom. The van der Waals surface area contributed by atoms with Crippen molar-refractivity contribution in [3.63, 3.8) is 0 Å². The van der Waals surface area contributed by atoms with E-state index in [1.54, 1.807) is 11.0 Å². The van der Waals surface area contributed by atoms with E-state index >= 15 is 0 Å². The molecule has 2 atom stereocenters. The third kappa shape index (κ3) is 4.95. The highest BCUT2D eigenvalue weighted by Crippen LogP contribution is 2.40. The van der Waals surface area contributed by atoms with E-state index < -0.39 is 0 Å². The standard InChI is InChI=1S/C25H33FN6O/c1-2-18-12-27-25(28-13-18)32-15-20-10-22(11-21(20)16-32)29-24-4-3-19(9-23(24)26)14-30-5-7-31(17-33)8-6-30/h3-4,9,12-13,17,20-22,29H,2,5-8,10-11,14-16H2,1H3. The lowest BCUT2D eigenvalue weighted by molar-refractivity contribution is -0.119. The van der Waals surface area contributed by atoms with Crippen LogP contribution in [0.1, 0.15) is 30.9 Å². The Morgan fingerprint density at radius 1 is 1.06 bits per heavy atom. The van der Waals surface area contributed by atoms with Crippen LogP contribution in [-0.2, 0) is 17.8 Å². The van der Waals surface area contributed by atoms with Crippen molar-refractivity contribution in [3.8, 4) is 0 Å². The van der Waals surface area contributed by atoms with E-state index in [4.69, 9.17) is 0 Å². The summed E-state index contributed by atoms with van der Waals surface area (Å²) in [6, 6.07) is 5.87. The van der Waals surface area contributed by atoms with Crippen molar-refractivity contribution in [3.05, 3.63) is 47.5 Å². The Balaban J connectivity index is 1.13. The largest absolute Gasteiger partial charge is 0.380 e. The zero-order valence-electron chi connectivity index (χ0n) is 19.3. The molecular weight excluding hydrogens is 419 g/mol. The molecule has 2 unspecified atom stereocenters. The Bertz CT molecular complexity index is 948. The van der Waals surface area contributed by atoms with E-state index in [0.717, 1.165) is 82.0 Å². The number of amides is 1. The second-order valence-electron chi connectivity index (χ2n) is 9.71. The number of hydrogen-bond donors (Lipinski definition) is 1. The molecule has 33 heavy (non-hydrogen) atoms. The van der Waals surface area contributed by atoms with Gasteiger partial charge in [-0.1, -0.05) is 13.0 Å². The molecule has 2 aliphatic heterocycles. The quantitative estimate of drug-likeness (QED) is 0.652. The number of nitrogens with zero attached hydrogens (tertiary/aromatic N) is 5. The Kier molecular flexibility index (Phi) is 6.44. The van der Waals surface area contributed by atoms with Crippen molar-refractivity contribution in [2.24, 2.45) is 11.8 Å². The number of fused-ring (bicyclic) bond motifs is 1. The molecule has 2 saturated heterocycles. The topological polar surface area (TPSA) is 64.6 Å². The Morgan fingerprint density at radius 2 is 1.76 bits per heavy atom. The van der Waals surface area contributed by atoms with Crippen LogP contribution in [-0.4, -0.2) is 71.5 Å². The maximum Gasteiger partial charge on any atom is 0.225 e. The van der Waals surface area contributed by atoms with Crippen molar-refractivity contribution in [2.75, 3.05) is 49.5 Å². The van der Waals surface area contributed by atoms with Gasteiger partial charge in [-0.3, -0.25) is 9.69 Å². The summed E-state index contributed by atoms with van der Waals surface area (Å²) >= 11 is 0. The Labute approximate surface area is 195 Å². The number of carbonyl (C=O) groups excluding carboxylic acids is 1.